The first kappa shape index (κ1) is 27.9. The summed E-state index contributed by atoms with van der Waals surface area (Å²) in [5.74, 6) is -0.972. The zero-order valence-electron chi connectivity index (χ0n) is 23.0. The summed E-state index contributed by atoms with van der Waals surface area (Å²) in [6, 6.07) is 23.4. The van der Waals surface area contributed by atoms with E-state index in [0.717, 1.165) is 22.3 Å². The van der Waals surface area contributed by atoms with Crippen LogP contribution in [0.3, 0.4) is 0 Å². The molecule has 0 unspecified atom stereocenters. The number of hydrogen-bond donors (Lipinski definition) is 1. The van der Waals surface area contributed by atoms with Crippen molar-refractivity contribution in [2.75, 3.05) is 7.11 Å². The Hall–Kier alpha value is -4.13. The maximum Gasteiger partial charge on any atom is 0.411 e. The monoisotopic (exact) mass is 528 g/mol. The third kappa shape index (κ3) is 7.05. The van der Waals surface area contributed by atoms with Crippen molar-refractivity contribution in [3.63, 3.8) is 0 Å². The molecule has 0 aliphatic carbocycles. The van der Waals surface area contributed by atoms with Crippen LogP contribution >= 0.6 is 0 Å². The summed E-state index contributed by atoms with van der Waals surface area (Å²) in [4.78, 5) is 41.0. The van der Waals surface area contributed by atoms with Gasteiger partial charge in [0.25, 0.3) is 0 Å². The minimum absolute atomic E-state index is 0.00431. The van der Waals surface area contributed by atoms with Gasteiger partial charge in [-0.15, -0.1) is 0 Å². The number of nitrogens with one attached hydrogen (secondary N) is 1. The first-order chi connectivity index (χ1) is 18.7. The summed E-state index contributed by atoms with van der Waals surface area (Å²) in [5.41, 5.74) is 4.87. The molecule has 1 N–H and O–H groups in total. The van der Waals surface area contributed by atoms with E-state index in [0.29, 0.717) is 6.42 Å². The first-order valence-corrected chi connectivity index (χ1v) is 13.2. The molecule has 3 aromatic carbocycles. The number of rotatable bonds is 7. The van der Waals surface area contributed by atoms with E-state index in [1.807, 2.05) is 78.9 Å². The van der Waals surface area contributed by atoms with Crippen molar-refractivity contribution >= 4 is 18.0 Å². The van der Waals surface area contributed by atoms with Crippen molar-refractivity contribution in [2.24, 2.45) is 0 Å². The Labute approximate surface area is 230 Å². The zero-order valence-corrected chi connectivity index (χ0v) is 23.0. The van der Waals surface area contributed by atoms with Crippen LogP contribution in [0, 0.1) is 0 Å². The van der Waals surface area contributed by atoms with Crippen LogP contribution in [0.4, 0.5) is 4.79 Å². The molecule has 7 heteroatoms. The molecule has 2 atom stereocenters. The number of hydrogen-bond acceptors (Lipinski definition) is 5. The molecule has 4 rings (SSSR count). The molecule has 2 amide bonds. The molecule has 1 heterocycles. The highest BCUT2D eigenvalue weighted by Gasteiger charge is 2.37. The van der Waals surface area contributed by atoms with Crippen molar-refractivity contribution in [1.29, 1.82) is 0 Å². The molecule has 0 bridgehead atoms. The van der Waals surface area contributed by atoms with Crippen LogP contribution in [0.1, 0.15) is 48.6 Å². The van der Waals surface area contributed by atoms with E-state index in [9.17, 15) is 14.4 Å². The quantitative estimate of drug-likeness (QED) is 0.439. The normalized spacial score (nSPS) is 15.6. The average Bonchev–Trinajstić information content (AvgIpc) is 2.94. The lowest BCUT2D eigenvalue weighted by Crippen LogP contribution is -2.56. The van der Waals surface area contributed by atoms with E-state index in [4.69, 9.17) is 9.47 Å². The van der Waals surface area contributed by atoms with E-state index in [1.165, 1.54) is 17.6 Å². The Morgan fingerprint density at radius 1 is 0.897 bits per heavy atom. The summed E-state index contributed by atoms with van der Waals surface area (Å²) >= 11 is 0. The number of amides is 2. The standard InChI is InChI=1S/C32H36N2O5/c1-32(2,3)26-16-14-22(15-17-26)18-27(30(36)38-4)33-29(35)28-19-24-12-8-9-13-25(24)20-34(28)31(37)39-21-23-10-6-5-7-11-23/h5-17,27-28H,18-21H2,1-4H3,(H,33,35)/t27-,28-/m0/s1. The van der Waals surface area contributed by atoms with Gasteiger partial charge in [-0.2, -0.15) is 0 Å². The molecule has 7 nitrogen and oxygen atoms in total. The largest absolute Gasteiger partial charge is 0.467 e. The highest BCUT2D eigenvalue weighted by molar-refractivity contribution is 5.90. The summed E-state index contributed by atoms with van der Waals surface area (Å²) < 4.78 is 10.6. The van der Waals surface area contributed by atoms with E-state index in [-0.39, 0.29) is 25.0 Å². The summed E-state index contributed by atoms with van der Waals surface area (Å²) in [6.45, 7) is 6.75. The molecule has 0 saturated heterocycles. The molecular formula is C32H36N2O5. The number of carbonyl (C=O) groups excluding carboxylic acids is 3. The van der Waals surface area contributed by atoms with Gasteiger partial charge < -0.3 is 14.8 Å². The van der Waals surface area contributed by atoms with E-state index < -0.39 is 30.1 Å². The molecule has 1 aliphatic rings. The van der Waals surface area contributed by atoms with Gasteiger partial charge in [0.2, 0.25) is 5.91 Å². The number of esters is 1. The zero-order chi connectivity index (χ0) is 28.0. The van der Waals surface area contributed by atoms with Crippen molar-refractivity contribution < 1.29 is 23.9 Å². The number of methoxy groups -OCH3 is 1. The van der Waals surface area contributed by atoms with Crippen LogP contribution in [-0.2, 0) is 50.5 Å². The number of fused-ring (bicyclic) bond motifs is 1. The van der Waals surface area contributed by atoms with Crippen LogP contribution in [0.2, 0.25) is 0 Å². The minimum atomic E-state index is -0.901. The van der Waals surface area contributed by atoms with Crippen molar-refractivity contribution in [3.05, 3.63) is 107 Å². The van der Waals surface area contributed by atoms with Gasteiger partial charge in [0.1, 0.15) is 18.7 Å². The molecule has 0 saturated carbocycles. The summed E-state index contributed by atoms with van der Waals surface area (Å²) in [6.07, 6.45) is 0.00203. The lowest BCUT2D eigenvalue weighted by Gasteiger charge is -2.35. The third-order valence-corrected chi connectivity index (χ3v) is 7.05. The Morgan fingerprint density at radius 2 is 1.54 bits per heavy atom. The average molecular weight is 529 g/mol. The Bertz CT molecular complexity index is 1300. The number of benzene rings is 3. The highest BCUT2D eigenvalue weighted by Crippen LogP contribution is 2.25. The van der Waals surface area contributed by atoms with Gasteiger partial charge in [0.05, 0.1) is 13.7 Å². The molecule has 1 aliphatic heterocycles. The topological polar surface area (TPSA) is 84.9 Å². The maximum absolute atomic E-state index is 13.6. The lowest BCUT2D eigenvalue weighted by molar-refractivity contribution is -0.145. The second kappa shape index (κ2) is 12.2. The predicted octanol–water partition coefficient (Wildman–Crippen LogP) is 4.95. The van der Waals surface area contributed by atoms with Crippen LogP contribution < -0.4 is 5.32 Å². The van der Waals surface area contributed by atoms with Gasteiger partial charge in [-0.25, -0.2) is 9.59 Å². The highest BCUT2D eigenvalue weighted by atomic mass is 16.6. The van der Waals surface area contributed by atoms with Gasteiger partial charge in [-0.05, 0) is 33.2 Å². The first-order valence-electron chi connectivity index (χ1n) is 13.2. The van der Waals surface area contributed by atoms with Crippen LogP contribution in [0.25, 0.3) is 0 Å². The molecule has 0 aromatic heterocycles. The van der Waals surface area contributed by atoms with E-state index in [2.05, 4.69) is 26.1 Å². The van der Waals surface area contributed by atoms with Gasteiger partial charge in [0.15, 0.2) is 0 Å². The summed E-state index contributed by atoms with van der Waals surface area (Å²) in [5, 5.41) is 2.86. The van der Waals surface area contributed by atoms with Crippen LogP contribution in [0.5, 0.6) is 0 Å². The van der Waals surface area contributed by atoms with Crippen molar-refractivity contribution in [1.82, 2.24) is 10.2 Å². The fraction of sp³-hybridized carbons (Fsp3) is 0.344. The molecule has 39 heavy (non-hydrogen) atoms. The molecule has 204 valence electrons. The smallest absolute Gasteiger partial charge is 0.411 e. The lowest BCUT2D eigenvalue weighted by atomic mass is 9.86. The molecule has 0 radical (unpaired) electrons. The van der Waals surface area contributed by atoms with Crippen LogP contribution in [0.15, 0.2) is 78.9 Å². The number of nitrogens with zero attached hydrogens (tertiary/aromatic N) is 1. The maximum atomic E-state index is 13.6. The predicted molar refractivity (Wildman–Crippen MR) is 149 cm³/mol. The van der Waals surface area contributed by atoms with Gasteiger partial charge in [-0.1, -0.05) is 99.6 Å². The fourth-order valence-electron chi connectivity index (χ4n) is 4.73. The Balaban J connectivity index is 1.52. The van der Waals surface area contributed by atoms with Crippen LogP contribution in [-0.4, -0.2) is 42.1 Å². The third-order valence-electron chi connectivity index (χ3n) is 7.05. The fourth-order valence-corrected chi connectivity index (χ4v) is 4.73. The second-order valence-electron chi connectivity index (χ2n) is 10.9. The van der Waals surface area contributed by atoms with Gasteiger partial charge in [0, 0.05) is 12.8 Å². The Kier molecular flexibility index (Phi) is 8.69. The van der Waals surface area contributed by atoms with Crippen molar-refractivity contribution in [3.8, 4) is 0 Å². The minimum Gasteiger partial charge on any atom is -0.467 e. The number of ether oxygens (including phenoxy) is 2. The molecular weight excluding hydrogens is 492 g/mol. The van der Waals surface area contributed by atoms with E-state index in [1.54, 1.807) is 0 Å². The van der Waals surface area contributed by atoms with E-state index >= 15 is 0 Å². The second-order valence-corrected chi connectivity index (χ2v) is 10.9. The van der Waals surface area contributed by atoms with Crippen molar-refractivity contribution in [2.45, 2.75) is 64.3 Å². The number of carbonyl (C=O) groups is 3. The molecule has 0 spiro atoms. The Morgan fingerprint density at radius 3 is 2.18 bits per heavy atom. The molecule has 0 fully saturated rings. The SMILES string of the molecule is COC(=O)[C@H](Cc1ccc(C(C)(C)C)cc1)NC(=O)[C@@H]1Cc2ccccc2CN1C(=O)OCc1ccccc1. The molecule has 3 aromatic rings. The van der Waals surface area contributed by atoms with Gasteiger partial charge >= 0.3 is 12.1 Å². The summed E-state index contributed by atoms with van der Waals surface area (Å²) in [7, 11) is 1.30. The van der Waals surface area contributed by atoms with Gasteiger partial charge in [-0.3, -0.25) is 9.69 Å².